The van der Waals surface area contributed by atoms with E-state index in [0.29, 0.717) is 41.4 Å². The molecule has 4 heterocycles. The summed E-state index contributed by atoms with van der Waals surface area (Å²) in [6, 6.07) is 8.26. The summed E-state index contributed by atoms with van der Waals surface area (Å²) in [5, 5.41) is 5.38. The Balaban J connectivity index is 1.48. The number of aromatic nitrogens is 4. The van der Waals surface area contributed by atoms with E-state index in [4.69, 9.17) is 14.2 Å². The summed E-state index contributed by atoms with van der Waals surface area (Å²) in [7, 11) is 3.11. The Hall–Kier alpha value is -4.43. The number of ether oxygens (including phenoxy) is 3. The number of amides is 1. The molecule has 0 saturated carbocycles. The first-order valence-corrected chi connectivity index (χ1v) is 12.6. The smallest absolute Gasteiger partial charge is 0.417 e. The van der Waals surface area contributed by atoms with Crippen molar-refractivity contribution in [1.82, 2.24) is 19.1 Å². The number of imidazole rings is 1. The second-order valence-electron chi connectivity index (χ2n) is 9.49. The molecule has 2 atom stereocenters. The van der Waals surface area contributed by atoms with Crippen LogP contribution in [-0.4, -0.2) is 51.4 Å². The maximum atomic E-state index is 13.9. The third-order valence-corrected chi connectivity index (χ3v) is 6.66. The third kappa shape index (κ3) is 6.02. The van der Waals surface area contributed by atoms with E-state index in [0.717, 1.165) is 16.8 Å². The number of hydrogen-bond donors (Lipinski definition) is 2. The zero-order valence-corrected chi connectivity index (χ0v) is 22.4. The van der Waals surface area contributed by atoms with Gasteiger partial charge in [-0.15, -0.1) is 0 Å². The molecule has 14 heteroatoms. The number of benzene rings is 1. The number of carbonyl (C=O) groups excluding carboxylic acids is 1. The highest BCUT2D eigenvalue weighted by molar-refractivity contribution is 5.87. The molecule has 0 radical (unpaired) electrons. The Labute approximate surface area is 231 Å². The van der Waals surface area contributed by atoms with Gasteiger partial charge in [0.2, 0.25) is 11.9 Å². The number of hydrogen-bond acceptors (Lipinski definition) is 8. The van der Waals surface area contributed by atoms with Crippen molar-refractivity contribution in [3.63, 3.8) is 0 Å². The molecule has 0 bridgehead atoms. The minimum atomic E-state index is -4.70. The molecule has 41 heavy (non-hydrogen) atoms. The lowest BCUT2D eigenvalue weighted by Crippen LogP contribution is -2.41. The summed E-state index contributed by atoms with van der Waals surface area (Å²) >= 11 is 0. The number of fused-ring (bicyclic) bond motifs is 1. The molecule has 5 rings (SSSR count). The van der Waals surface area contributed by atoms with Crippen LogP contribution in [0.15, 0.2) is 53.6 Å². The predicted molar refractivity (Wildman–Crippen MR) is 144 cm³/mol. The van der Waals surface area contributed by atoms with Crippen molar-refractivity contribution < 1.29 is 32.2 Å². The third-order valence-electron chi connectivity index (χ3n) is 6.66. The first-order chi connectivity index (χ1) is 19.5. The molecule has 1 saturated heterocycles. The molecule has 1 aliphatic heterocycles. The molecule has 2 N–H and O–H groups in total. The van der Waals surface area contributed by atoms with E-state index in [-0.39, 0.29) is 24.1 Å². The highest BCUT2D eigenvalue weighted by atomic mass is 19.4. The van der Waals surface area contributed by atoms with Gasteiger partial charge < -0.3 is 34.0 Å². The number of anilines is 3. The van der Waals surface area contributed by atoms with Crippen LogP contribution in [0.3, 0.4) is 0 Å². The first kappa shape index (κ1) is 28.1. The predicted octanol–water partition coefficient (Wildman–Crippen LogP) is 4.62. The normalized spacial score (nSPS) is 17.4. The Kier molecular flexibility index (Phi) is 7.69. The summed E-state index contributed by atoms with van der Waals surface area (Å²) in [5.74, 6) is 1.07. The van der Waals surface area contributed by atoms with E-state index in [1.807, 2.05) is 0 Å². The monoisotopic (exact) mass is 572 g/mol. The minimum absolute atomic E-state index is 0.0397. The van der Waals surface area contributed by atoms with Gasteiger partial charge in [-0.3, -0.25) is 9.59 Å². The van der Waals surface area contributed by atoms with Crippen LogP contribution in [0.25, 0.3) is 11.0 Å². The van der Waals surface area contributed by atoms with Crippen molar-refractivity contribution in [1.29, 1.82) is 0 Å². The summed E-state index contributed by atoms with van der Waals surface area (Å²) in [4.78, 5) is 33.3. The molecule has 1 amide bonds. The zero-order chi connectivity index (χ0) is 29.3. The molecule has 1 aliphatic rings. The average Bonchev–Trinajstić information content (AvgIpc) is 3.23. The molecule has 0 aliphatic carbocycles. The van der Waals surface area contributed by atoms with Crippen molar-refractivity contribution in [3.8, 4) is 11.5 Å². The van der Waals surface area contributed by atoms with Gasteiger partial charge in [0.1, 0.15) is 23.0 Å². The molecular formula is C27H27F3N6O5. The van der Waals surface area contributed by atoms with Gasteiger partial charge >= 0.3 is 6.18 Å². The SMILES string of the molecule is COC1CCOCC1n1cc(C(F)(F)F)cc(Nc2nc3ccc(Oc4ccnc(NC(C)=O)c4)cc3n2C)c1=O. The summed E-state index contributed by atoms with van der Waals surface area (Å²) in [6.45, 7) is 1.79. The van der Waals surface area contributed by atoms with Crippen LogP contribution in [0, 0.1) is 0 Å². The number of aryl methyl sites for hydroxylation is 1. The number of alkyl halides is 3. The van der Waals surface area contributed by atoms with Crippen molar-refractivity contribution in [2.75, 3.05) is 31.0 Å². The van der Waals surface area contributed by atoms with Gasteiger partial charge in [0.15, 0.2) is 0 Å². The van der Waals surface area contributed by atoms with Gasteiger partial charge in [0, 0.05) is 52.2 Å². The molecule has 4 aromatic rings. The second kappa shape index (κ2) is 11.2. The van der Waals surface area contributed by atoms with E-state index >= 15 is 0 Å². The topological polar surface area (TPSA) is 122 Å². The molecule has 11 nitrogen and oxygen atoms in total. The van der Waals surface area contributed by atoms with Gasteiger partial charge in [-0.25, -0.2) is 9.97 Å². The lowest BCUT2D eigenvalue weighted by molar-refractivity contribution is -0.138. The Morgan fingerprint density at radius 1 is 1.17 bits per heavy atom. The molecule has 0 spiro atoms. The van der Waals surface area contributed by atoms with E-state index in [1.54, 1.807) is 41.9 Å². The fourth-order valence-corrected chi connectivity index (χ4v) is 4.66. The number of pyridine rings is 2. The molecule has 1 fully saturated rings. The highest BCUT2D eigenvalue weighted by Crippen LogP contribution is 2.33. The van der Waals surface area contributed by atoms with Crippen molar-refractivity contribution in [2.45, 2.75) is 31.7 Å². The zero-order valence-electron chi connectivity index (χ0n) is 22.4. The lowest BCUT2D eigenvalue weighted by Gasteiger charge is -2.32. The largest absolute Gasteiger partial charge is 0.457 e. The van der Waals surface area contributed by atoms with Crippen LogP contribution in [0.1, 0.15) is 24.9 Å². The Bertz CT molecular complexity index is 1650. The van der Waals surface area contributed by atoms with Crippen LogP contribution in [0.5, 0.6) is 11.5 Å². The van der Waals surface area contributed by atoms with E-state index in [2.05, 4.69) is 20.6 Å². The fraction of sp³-hybridized carbons (Fsp3) is 0.333. The van der Waals surface area contributed by atoms with Crippen LogP contribution in [-0.2, 0) is 27.5 Å². The van der Waals surface area contributed by atoms with E-state index in [9.17, 15) is 22.8 Å². The Morgan fingerprint density at radius 2 is 1.95 bits per heavy atom. The minimum Gasteiger partial charge on any atom is -0.457 e. The van der Waals surface area contributed by atoms with Gasteiger partial charge in [0.25, 0.3) is 5.56 Å². The van der Waals surface area contributed by atoms with Crippen LogP contribution < -0.4 is 20.9 Å². The van der Waals surface area contributed by atoms with Crippen molar-refractivity contribution in [2.24, 2.45) is 7.05 Å². The Morgan fingerprint density at radius 3 is 2.68 bits per heavy atom. The number of nitrogens with zero attached hydrogens (tertiary/aromatic N) is 4. The second-order valence-corrected chi connectivity index (χ2v) is 9.49. The van der Waals surface area contributed by atoms with Crippen molar-refractivity contribution in [3.05, 3.63) is 64.7 Å². The van der Waals surface area contributed by atoms with Gasteiger partial charge in [0.05, 0.1) is 35.3 Å². The number of carbonyl (C=O) groups is 1. The number of halogens is 3. The maximum absolute atomic E-state index is 13.9. The average molecular weight is 573 g/mol. The quantitative estimate of drug-likeness (QED) is 0.329. The van der Waals surface area contributed by atoms with E-state index < -0.39 is 29.4 Å². The summed E-state index contributed by atoms with van der Waals surface area (Å²) in [6.07, 6.45) is -2.46. The summed E-state index contributed by atoms with van der Waals surface area (Å²) < 4.78 is 61.0. The van der Waals surface area contributed by atoms with Crippen LogP contribution in [0.2, 0.25) is 0 Å². The fourth-order valence-electron chi connectivity index (χ4n) is 4.66. The number of methoxy groups -OCH3 is 1. The highest BCUT2D eigenvalue weighted by Gasteiger charge is 2.35. The van der Waals surface area contributed by atoms with Crippen LogP contribution in [0.4, 0.5) is 30.6 Å². The van der Waals surface area contributed by atoms with Crippen molar-refractivity contribution >= 4 is 34.4 Å². The number of rotatable bonds is 7. The molecule has 1 aromatic carbocycles. The molecule has 216 valence electrons. The number of nitrogens with one attached hydrogen (secondary N) is 2. The lowest BCUT2D eigenvalue weighted by atomic mass is 10.1. The summed E-state index contributed by atoms with van der Waals surface area (Å²) in [5.41, 5.74) is -0.848. The van der Waals surface area contributed by atoms with Crippen LogP contribution >= 0.6 is 0 Å². The molecule has 2 unspecified atom stereocenters. The van der Waals surface area contributed by atoms with Gasteiger partial charge in [-0.05, 0) is 30.7 Å². The standard InChI is InChI=1S/C27H27F3N6O5/c1-15(37)32-24-12-18(6-8-31-24)41-17-4-5-19-21(11-17)35(2)26(33-19)34-20-10-16(27(28,29)30)13-36(25(20)38)22-14-40-9-7-23(22)39-3/h4-6,8,10-13,22-23H,7,9,14H2,1-3H3,(H,33,34)(H,31,32,37). The van der Waals surface area contributed by atoms with Gasteiger partial charge in [-0.1, -0.05) is 0 Å². The molecule has 3 aromatic heterocycles. The maximum Gasteiger partial charge on any atom is 0.417 e. The van der Waals surface area contributed by atoms with Gasteiger partial charge in [-0.2, -0.15) is 13.2 Å². The molecular weight excluding hydrogens is 545 g/mol. The first-order valence-electron chi connectivity index (χ1n) is 12.6. The van der Waals surface area contributed by atoms with E-state index in [1.165, 1.54) is 20.2 Å².